The Morgan fingerprint density at radius 2 is 1.85 bits per heavy atom. The molecule has 0 N–H and O–H groups in total. The van der Waals surface area contributed by atoms with Gasteiger partial charge in [0, 0.05) is 18.1 Å². The predicted octanol–water partition coefficient (Wildman–Crippen LogP) is 2.84. The monoisotopic (exact) mass is 289 g/mol. The van der Waals surface area contributed by atoms with Gasteiger partial charge in [0.15, 0.2) is 0 Å². The zero-order chi connectivity index (χ0) is 14.3. The van der Waals surface area contributed by atoms with Gasteiger partial charge in [-0.05, 0) is 36.5 Å². The molecule has 0 aromatic heterocycles. The van der Waals surface area contributed by atoms with E-state index in [1.54, 1.807) is 24.3 Å². The summed E-state index contributed by atoms with van der Waals surface area (Å²) in [4.78, 5) is 25.9. The SMILES string of the molecule is CC1CCCN(c2c(-c3ccc(Cl)cc3)c(=O)c2=O)C1. The van der Waals surface area contributed by atoms with Gasteiger partial charge in [-0.2, -0.15) is 0 Å². The maximum atomic E-state index is 11.9. The van der Waals surface area contributed by atoms with E-state index in [0.717, 1.165) is 25.1 Å². The maximum absolute atomic E-state index is 11.9. The molecule has 4 heteroatoms. The summed E-state index contributed by atoms with van der Waals surface area (Å²) in [5, 5.41) is 0.626. The van der Waals surface area contributed by atoms with Crippen LogP contribution in [0.25, 0.3) is 11.1 Å². The van der Waals surface area contributed by atoms with E-state index in [4.69, 9.17) is 11.6 Å². The normalized spacial score (nSPS) is 19.5. The van der Waals surface area contributed by atoms with Crippen LogP contribution in [0, 0.1) is 5.92 Å². The molecule has 0 spiro atoms. The number of benzene rings is 1. The topological polar surface area (TPSA) is 37.4 Å². The first-order valence-electron chi connectivity index (χ1n) is 6.92. The molecule has 0 aliphatic carbocycles. The van der Waals surface area contributed by atoms with E-state index < -0.39 is 0 Å². The first-order chi connectivity index (χ1) is 9.58. The van der Waals surface area contributed by atoms with Gasteiger partial charge >= 0.3 is 0 Å². The molecule has 1 aliphatic rings. The molecule has 1 heterocycles. The van der Waals surface area contributed by atoms with Gasteiger partial charge in [-0.1, -0.05) is 30.7 Å². The fourth-order valence-electron chi connectivity index (χ4n) is 2.96. The average molecular weight is 290 g/mol. The first-order valence-corrected chi connectivity index (χ1v) is 7.30. The third-order valence-corrected chi connectivity index (χ3v) is 4.24. The number of halogens is 1. The van der Waals surface area contributed by atoms with E-state index in [2.05, 4.69) is 11.8 Å². The van der Waals surface area contributed by atoms with E-state index in [0.29, 0.717) is 22.2 Å². The third kappa shape index (κ3) is 2.16. The Hall–Kier alpha value is -1.61. The summed E-state index contributed by atoms with van der Waals surface area (Å²) in [5.41, 5.74) is 1.22. The molecule has 0 saturated carbocycles. The van der Waals surface area contributed by atoms with Crippen LogP contribution in [0.5, 0.6) is 0 Å². The molecular formula is C16H16ClNO2. The van der Waals surface area contributed by atoms with Crippen LogP contribution in [0.1, 0.15) is 19.8 Å². The highest BCUT2D eigenvalue weighted by Gasteiger charge is 2.29. The van der Waals surface area contributed by atoms with Crippen molar-refractivity contribution in [2.45, 2.75) is 19.8 Å². The largest absolute Gasteiger partial charge is 0.367 e. The van der Waals surface area contributed by atoms with Crippen molar-refractivity contribution in [3.05, 3.63) is 49.7 Å². The number of nitrogens with zero attached hydrogens (tertiary/aromatic N) is 1. The van der Waals surface area contributed by atoms with Crippen LogP contribution < -0.4 is 15.8 Å². The Balaban J connectivity index is 2.01. The minimum atomic E-state index is -0.374. The zero-order valence-electron chi connectivity index (χ0n) is 11.4. The van der Waals surface area contributed by atoms with E-state index in [1.807, 2.05) is 0 Å². The van der Waals surface area contributed by atoms with Crippen molar-refractivity contribution in [1.82, 2.24) is 0 Å². The molecule has 2 aromatic rings. The molecule has 2 aromatic carbocycles. The lowest BCUT2D eigenvalue weighted by Crippen LogP contribution is -2.45. The molecule has 3 nitrogen and oxygen atoms in total. The fraction of sp³-hybridized carbons (Fsp3) is 0.375. The van der Waals surface area contributed by atoms with E-state index in [-0.39, 0.29) is 10.9 Å². The van der Waals surface area contributed by atoms with Crippen molar-refractivity contribution in [1.29, 1.82) is 0 Å². The lowest BCUT2D eigenvalue weighted by Gasteiger charge is -2.34. The minimum absolute atomic E-state index is 0.343. The zero-order valence-corrected chi connectivity index (χ0v) is 12.1. The van der Waals surface area contributed by atoms with Crippen LogP contribution in [0.4, 0.5) is 5.69 Å². The predicted molar refractivity (Wildman–Crippen MR) is 82.4 cm³/mol. The average Bonchev–Trinajstić information content (AvgIpc) is 2.45. The van der Waals surface area contributed by atoms with Crippen molar-refractivity contribution in [3.8, 4) is 11.1 Å². The van der Waals surface area contributed by atoms with Gasteiger partial charge in [-0.15, -0.1) is 0 Å². The van der Waals surface area contributed by atoms with Crippen molar-refractivity contribution in [2.24, 2.45) is 5.92 Å². The van der Waals surface area contributed by atoms with Crippen LogP contribution in [0.2, 0.25) is 5.02 Å². The maximum Gasteiger partial charge on any atom is 0.250 e. The van der Waals surface area contributed by atoms with Gasteiger partial charge in [0.05, 0.1) is 5.56 Å². The molecule has 1 unspecified atom stereocenters. The Labute approximate surface area is 122 Å². The van der Waals surface area contributed by atoms with Gasteiger partial charge in [0.25, 0.3) is 0 Å². The number of piperidine rings is 1. The summed E-state index contributed by atoms with van der Waals surface area (Å²) in [5.74, 6) is 0.561. The van der Waals surface area contributed by atoms with E-state index in [9.17, 15) is 9.59 Å². The molecule has 104 valence electrons. The Morgan fingerprint density at radius 1 is 1.15 bits per heavy atom. The van der Waals surface area contributed by atoms with E-state index in [1.165, 1.54) is 6.42 Å². The number of anilines is 1. The molecule has 1 fully saturated rings. The Kier molecular flexibility index (Phi) is 3.38. The number of rotatable bonds is 2. The van der Waals surface area contributed by atoms with Crippen molar-refractivity contribution in [3.63, 3.8) is 0 Å². The summed E-state index contributed by atoms with van der Waals surface area (Å²) >= 11 is 5.87. The molecule has 3 rings (SSSR count). The van der Waals surface area contributed by atoms with Crippen LogP contribution in [0.3, 0.4) is 0 Å². The summed E-state index contributed by atoms with van der Waals surface area (Å²) in [7, 11) is 0. The molecule has 1 aliphatic heterocycles. The third-order valence-electron chi connectivity index (χ3n) is 3.99. The highest BCUT2D eigenvalue weighted by molar-refractivity contribution is 6.30. The second-order valence-corrected chi connectivity index (χ2v) is 6.02. The van der Waals surface area contributed by atoms with Gasteiger partial charge in [-0.25, -0.2) is 0 Å². The molecule has 1 saturated heterocycles. The molecule has 1 atom stereocenters. The molecule has 0 amide bonds. The smallest absolute Gasteiger partial charge is 0.250 e. The summed E-state index contributed by atoms with van der Waals surface area (Å²) < 4.78 is 0. The lowest BCUT2D eigenvalue weighted by molar-refractivity contribution is 0.446. The second kappa shape index (κ2) is 5.06. The Morgan fingerprint density at radius 3 is 2.50 bits per heavy atom. The first kappa shape index (κ1) is 13.4. The molecule has 20 heavy (non-hydrogen) atoms. The van der Waals surface area contributed by atoms with Crippen molar-refractivity contribution in [2.75, 3.05) is 18.0 Å². The van der Waals surface area contributed by atoms with Gasteiger partial charge < -0.3 is 4.90 Å². The quantitative estimate of drug-likeness (QED) is 0.798. The number of hydrogen-bond acceptors (Lipinski definition) is 3. The van der Waals surface area contributed by atoms with Gasteiger partial charge in [-0.3, -0.25) is 9.59 Å². The Bertz CT molecular complexity index is 698. The minimum Gasteiger partial charge on any atom is -0.367 e. The van der Waals surface area contributed by atoms with Gasteiger partial charge in [0.1, 0.15) is 5.69 Å². The van der Waals surface area contributed by atoms with Crippen molar-refractivity contribution >= 4 is 17.3 Å². The van der Waals surface area contributed by atoms with Crippen LogP contribution in [0.15, 0.2) is 33.9 Å². The van der Waals surface area contributed by atoms with Crippen LogP contribution in [-0.4, -0.2) is 13.1 Å². The molecular weight excluding hydrogens is 274 g/mol. The summed E-state index contributed by atoms with van der Waals surface area (Å²) in [6, 6.07) is 7.09. The highest BCUT2D eigenvalue weighted by atomic mass is 35.5. The summed E-state index contributed by atoms with van der Waals surface area (Å²) in [6.45, 7) is 3.89. The van der Waals surface area contributed by atoms with Gasteiger partial charge in [0.2, 0.25) is 10.9 Å². The number of hydrogen-bond donors (Lipinski definition) is 0. The summed E-state index contributed by atoms with van der Waals surface area (Å²) in [6.07, 6.45) is 2.25. The molecule has 0 radical (unpaired) electrons. The van der Waals surface area contributed by atoms with E-state index >= 15 is 0 Å². The van der Waals surface area contributed by atoms with Crippen LogP contribution in [-0.2, 0) is 0 Å². The standard InChI is InChI=1S/C16H16ClNO2/c1-10-3-2-8-18(9-10)14-13(15(19)16(14)20)11-4-6-12(17)7-5-11/h4-7,10H,2-3,8-9H2,1H3. The second-order valence-electron chi connectivity index (χ2n) is 5.58. The lowest BCUT2D eigenvalue weighted by atomic mass is 9.94. The molecule has 0 bridgehead atoms. The van der Waals surface area contributed by atoms with Crippen molar-refractivity contribution < 1.29 is 0 Å². The highest BCUT2D eigenvalue weighted by Crippen LogP contribution is 2.30. The fourth-order valence-corrected chi connectivity index (χ4v) is 3.08. The van der Waals surface area contributed by atoms with Crippen LogP contribution >= 0.6 is 11.6 Å².